The highest BCUT2D eigenvalue weighted by atomic mass is 32.2. The predicted molar refractivity (Wildman–Crippen MR) is 54.5 cm³/mol. The maximum Gasteiger partial charge on any atom is 0.195 e. The molecule has 1 heterocycles. The van der Waals surface area contributed by atoms with Gasteiger partial charge >= 0.3 is 0 Å². The van der Waals surface area contributed by atoms with Gasteiger partial charge < -0.3 is 5.73 Å². The Bertz CT molecular complexity index is 401. The van der Waals surface area contributed by atoms with Gasteiger partial charge in [-0.25, -0.2) is 13.4 Å². The summed E-state index contributed by atoms with van der Waals surface area (Å²) in [5.74, 6) is 0.122. The van der Waals surface area contributed by atoms with Crippen LogP contribution in [0.5, 0.6) is 0 Å². The normalized spacial score (nSPS) is 11.6. The van der Waals surface area contributed by atoms with Gasteiger partial charge in [-0.1, -0.05) is 13.0 Å². The Morgan fingerprint density at radius 3 is 2.79 bits per heavy atom. The minimum absolute atomic E-state index is 0.122. The van der Waals surface area contributed by atoms with E-state index in [-0.39, 0.29) is 17.3 Å². The van der Waals surface area contributed by atoms with Gasteiger partial charge in [0.25, 0.3) is 0 Å². The molecule has 1 aromatic heterocycles. The third kappa shape index (κ3) is 2.30. The molecule has 5 heteroatoms. The van der Waals surface area contributed by atoms with Crippen molar-refractivity contribution in [1.82, 2.24) is 4.98 Å². The third-order valence-corrected chi connectivity index (χ3v) is 3.74. The van der Waals surface area contributed by atoms with Crippen molar-refractivity contribution in [3.05, 3.63) is 23.9 Å². The maximum atomic E-state index is 11.7. The largest absolute Gasteiger partial charge is 0.326 e. The lowest BCUT2D eigenvalue weighted by Gasteiger charge is -2.05. The minimum Gasteiger partial charge on any atom is -0.326 e. The molecular weight excluding hydrogens is 200 g/mol. The van der Waals surface area contributed by atoms with Crippen molar-refractivity contribution >= 4 is 9.84 Å². The fourth-order valence-corrected chi connectivity index (χ4v) is 2.73. The molecule has 0 atom stereocenters. The van der Waals surface area contributed by atoms with Crippen LogP contribution >= 0.6 is 0 Å². The topological polar surface area (TPSA) is 73.0 Å². The molecule has 0 saturated carbocycles. The van der Waals surface area contributed by atoms with E-state index >= 15 is 0 Å². The van der Waals surface area contributed by atoms with E-state index < -0.39 is 9.84 Å². The van der Waals surface area contributed by atoms with Gasteiger partial charge in [0, 0.05) is 18.3 Å². The molecule has 0 aliphatic heterocycles. The molecule has 1 aromatic rings. The zero-order chi connectivity index (χ0) is 10.6. The van der Waals surface area contributed by atoms with E-state index in [1.165, 1.54) is 6.20 Å². The molecule has 0 fully saturated rings. The fourth-order valence-electron chi connectivity index (χ4n) is 1.22. The molecule has 0 aliphatic carbocycles. The molecule has 0 aliphatic rings. The Kier molecular flexibility index (Phi) is 3.60. The Morgan fingerprint density at radius 2 is 2.21 bits per heavy atom. The number of hydrogen-bond acceptors (Lipinski definition) is 4. The molecule has 2 N–H and O–H groups in total. The quantitative estimate of drug-likeness (QED) is 0.801. The summed E-state index contributed by atoms with van der Waals surface area (Å²) in [6.07, 6.45) is 2.06. The van der Waals surface area contributed by atoms with E-state index in [9.17, 15) is 8.42 Å². The second-order valence-electron chi connectivity index (χ2n) is 2.99. The van der Waals surface area contributed by atoms with Crippen LogP contribution in [0.2, 0.25) is 0 Å². The van der Waals surface area contributed by atoms with Crippen LogP contribution in [0, 0.1) is 0 Å². The molecule has 14 heavy (non-hydrogen) atoms. The highest BCUT2D eigenvalue weighted by Crippen LogP contribution is 2.13. The summed E-state index contributed by atoms with van der Waals surface area (Å²) < 4.78 is 23.4. The minimum atomic E-state index is -3.24. The zero-order valence-corrected chi connectivity index (χ0v) is 8.92. The molecule has 0 bridgehead atoms. The van der Waals surface area contributed by atoms with Crippen molar-refractivity contribution in [2.75, 3.05) is 5.75 Å². The molecule has 4 nitrogen and oxygen atoms in total. The molecule has 0 amide bonds. The third-order valence-electron chi connectivity index (χ3n) is 1.84. The lowest BCUT2D eigenvalue weighted by atomic mass is 10.3. The predicted octanol–water partition coefficient (Wildman–Crippen LogP) is 0.724. The van der Waals surface area contributed by atoms with E-state index in [0.717, 1.165) is 0 Å². The first-order valence-corrected chi connectivity index (χ1v) is 6.13. The number of rotatable bonds is 4. The van der Waals surface area contributed by atoms with Crippen LogP contribution in [-0.2, 0) is 16.4 Å². The summed E-state index contributed by atoms with van der Waals surface area (Å²) in [6.45, 7) is 2.02. The molecule has 0 spiro atoms. The Morgan fingerprint density at radius 1 is 1.50 bits per heavy atom. The monoisotopic (exact) mass is 214 g/mol. The van der Waals surface area contributed by atoms with Gasteiger partial charge in [0.05, 0.1) is 5.75 Å². The summed E-state index contributed by atoms with van der Waals surface area (Å²) in [5, 5.41) is 0.129. The highest BCUT2D eigenvalue weighted by molar-refractivity contribution is 7.91. The molecule has 1 rings (SSSR count). The first-order valence-electron chi connectivity index (χ1n) is 4.48. The van der Waals surface area contributed by atoms with Crippen molar-refractivity contribution in [2.45, 2.75) is 24.9 Å². The maximum absolute atomic E-state index is 11.7. The van der Waals surface area contributed by atoms with Gasteiger partial charge in [-0.05, 0) is 12.5 Å². The standard InChI is InChI=1S/C9H14N2O2S/c1-2-6-14(12,13)9-8(7-10)4-3-5-11-9/h3-5H,2,6-7,10H2,1H3. The van der Waals surface area contributed by atoms with Gasteiger partial charge in [0.15, 0.2) is 14.9 Å². The van der Waals surface area contributed by atoms with Gasteiger partial charge in [-0.3, -0.25) is 0 Å². The van der Waals surface area contributed by atoms with Crippen molar-refractivity contribution in [2.24, 2.45) is 5.73 Å². The Labute approximate surface area is 84.1 Å². The summed E-state index contributed by atoms with van der Waals surface area (Å²) in [7, 11) is -3.24. The average molecular weight is 214 g/mol. The smallest absolute Gasteiger partial charge is 0.195 e. The summed E-state index contributed by atoms with van der Waals surface area (Å²) >= 11 is 0. The molecule has 78 valence electrons. The van der Waals surface area contributed by atoms with Crippen LogP contribution in [0.1, 0.15) is 18.9 Å². The van der Waals surface area contributed by atoms with Gasteiger partial charge in [-0.2, -0.15) is 0 Å². The summed E-state index contributed by atoms with van der Waals surface area (Å²) in [4.78, 5) is 3.87. The van der Waals surface area contributed by atoms with Crippen LogP contribution in [0.15, 0.2) is 23.4 Å². The van der Waals surface area contributed by atoms with Crippen molar-refractivity contribution in [3.63, 3.8) is 0 Å². The molecule has 0 aromatic carbocycles. The van der Waals surface area contributed by atoms with E-state index in [1.807, 2.05) is 6.92 Å². The van der Waals surface area contributed by atoms with Crippen LogP contribution in [0.25, 0.3) is 0 Å². The van der Waals surface area contributed by atoms with E-state index in [2.05, 4.69) is 4.98 Å². The number of aromatic nitrogens is 1. The van der Waals surface area contributed by atoms with E-state index in [0.29, 0.717) is 12.0 Å². The van der Waals surface area contributed by atoms with Gasteiger partial charge in [-0.15, -0.1) is 0 Å². The lowest BCUT2D eigenvalue weighted by Crippen LogP contribution is -2.13. The van der Waals surface area contributed by atoms with Crippen LogP contribution < -0.4 is 5.73 Å². The van der Waals surface area contributed by atoms with E-state index in [1.54, 1.807) is 12.1 Å². The molecule has 0 unspecified atom stereocenters. The van der Waals surface area contributed by atoms with Gasteiger partial charge in [0.1, 0.15) is 0 Å². The highest BCUT2D eigenvalue weighted by Gasteiger charge is 2.17. The summed E-state index contributed by atoms with van der Waals surface area (Å²) in [6, 6.07) is 3.38. The van der Waals surface area contributed by atoms with E-state index in [4.69, 9.17) is 5.73 Å². The van der Waals surface area contributed by atoms with Crippen molar-refractivity contribution in [1.29, 1.82) is 0 Å². The van der Waals surface area contributed by atoms with Crippen molar-refractivity contribution in [3.8, 4) is 0 Å². The Balaban J connectivity index is 3.18. The fraction of sp³-hybridized carbons (Fsp3) is 0.444. The first kappa shape index (κ1) is 11.1. The second-order valence-corrected chi connectivity index (χ2v) is 5.02. The number of nitrogens with zero attached hydrogens (tertiary/aromatic N) is 1. The first-order chi connectivity index (χ1) is 6.61. The number of hydrogen-bond donors (Lipinski definition) is 1. The van der Waals surface area contributed by atoms with Crippen LogP contribution in [0.4, 0.5) is 0 Å². The molecular formula is C9H14N2O2S. The molecule has 0 radical (unpaired) electrons. The summed E-state index contributed by atoms with van der Waals surface area (Å²) in [5.41, 5.74) is 6.02. The number of sulfone groups is 1. The Hall–Kier alpha value is -0.940. The zero-order valence-electron chi connectivity index (χ0n) is 8.10. The van der Waals surface area contributed by atoms with Crippen molar-refractivity contribution < 1.29 is 8.42 Å². The van der Waals surface area contributed by atoms with Crippen LogP contribution in [-0.4, -0.2) is 19.2 Å². The van der Waals surface area contributed by atoms with Gasteiger partial charge in [0.2, 0.25) is 0 Å². The number of pyridine rings is 1. The molecule has 0 saturated heterocycles. The second kappa shape index (κ2) is 4.52. The SMILES string of the molecule is CCCS(=O)(=O)c1ncccc1CN. The van der Waals surface area contributed by atoms with Crippen LogP contribution in [0.3, 0.4) is 0 Å². The average Bonchev–Trinajstić information content (AvgIpc) is 2.18. The number of nitrogens with two attached hydrogens (primary N) is 1. The lowest BCUT2D eigenvalue weighted by molar-refractivity contribution is 0.589.